The van der Waals surface area contributed by atoms with Crippen molar-refractivity contribution >= 4 is 40.6 Å². The van der Waals surface area contributed by atoms with Gasteiger partial charge in [0.15, 0.2) is 0 Å². The van der Waals surface area contributed by atoms with Gasteiger partial charge in [-0.1, -0.05) is 12.1 Å². The van der Waals surface area contributed by atoms with Gasteiger partial charge >= 0.3 is 5.37 Å². The second-order valence-electron chi connectivity index (χ2n) is 11.3. The van der Waals surface area contributed by atoms with E-state index in [1.807, 2.05) is 12.1 Å². The molecule has 1 heterocycles. The number of nitriles is 2. The molecule has 0 radical (unpaired) electrons. The van der Waals surface area contributed by atoms with Gasteiger partial charge in [-0.3, -0.25) is 24.0 Å². The van der Waals surface area contributed by atoms with E-state index in [0.717, 1.165) is 4.90 Å². The second kappa shape index (κ2) is 18.9. The normalized spacial score (nSPS) is 17.7. The number of hydrogen-bond acceptors (Lipinski definition) is 11. The third kappa shape index (κ3) is 10.3. The average Bonchev–Trinajstić information content (AvgIpc) is 3.09. The van der Waals surface area contributed by atoms with Gasteiger partial charge in [-0.15, -0.1) is 0 Å². The predicted octanol–water partition coefficient (Wildman–Crippen LogP) is 0.334. The van der Waals surface area contributed by atoms with E-state index < -0.39 is 53.2 Å². The number of ether oxygens (including phenoxy) is 2. The molecule has 2 aromatic rings. The number of hydrogen-bond donors (Lipinski definition) is 6. The summed E-state index contributed by atoms with van der Waals surface area (Å²) in [7, 11) is 1.34. The molecule has 0 aliphatic carbocycles. The Morgan fingerprint density at radius 3 is 2.24 bits per heavy atom. The quantitative estimate of drug-likeness (QED) is 0.0939. The summed E-state index contributed by atoms with van der Waals surface area (Å²) in [5.74, 6) is -2.11. The lowest BCUT2D eigenvalue weighted by Crippen LogP contribution is -2.55. The van der Waals surface area contributed by atoms with Crippen LogP contribution in [0.15, 0.2) is 36.4 Å². The highest BCUT2D eigenvalue weighted by Gasteiger charge is 2.36. The van der Waals surface area contributed by atoms with Gasteiger partial charge in [-0.25, -0.2) is 0 Å². The Hall–Kier alpha value is -5.42. The lowest BCUT2D eigenvalue weighted by molar-refractivity contribution is -0.141. The average molecular weight is 710 g/mol. The van der Waals surface area contributed by atoms with Crippen LogP contribution in [0.4, 0.5) is 4.79 Å². The molecule has 0 saturated carbocycles. The largest absolute Gasteiger partial charge is 0.492 e. The van der Waals surface area contributed by atoms with Crippen molar-refractivity contribution in [3.05, 3.63) is 47.5 Å². The molecule has 17 heteroatoms. The van der Waals surface area contributed by atoms with Crippen LogP contribution in [0.3, 0.4) is 0 Å². The molecule has 5 amide bonds. The first-order valence-corrected chi connectivity index (χ1v) is 16.1. The number of amides is 5. The maximum atomic E-state index is 14.1. The van der Waals surface area contributed by atoms with Crippen molar-refractivity contribution in [1.82, 2.24) is 26.2 Å². The maximum Gasteiger partial charge on any atom is 0.314 e. The van der Waals surface area contributed by atoms with Gasteiger partial charge in [-0.2, -0.15) is 10.5 Å². The van der Waals surface area contributed by atoms with Gasteiger partial charge in [0.05, 0.1) is 12.1 Å². The first-order valence-electron chi connectivity index (χ1n) is 15.7. The van der Waals surface area contributed by atoms with Crippen molar-refractivity contribution in [3.63, 3.8) is 0 Å². The summed E-state index contributed by atoms with van der Waals surface area (Å²) in [5, 5.41) is 27.2. The van der Waals surface area contributed by atoms with Crippen LogP contribution < -0.4 is 42.2 Å². The summed E-state index contributed by atoms with van der Waals surface area (Å²) in [6, 6.07) is 8.69. The number of fused-ring (bicyclic) bond motifs is 5. The Labute approximate surface area is 294 Å². The van der Waals surface area contributed by atoms with Gasteiger partial charge in [-0.05, 0) is 60.3 Å². The van der Waals surface area contributed by atoms with Crippen molar-refractivity contribution in [2.24, 2.45) is 11.5 Å². The van der Waals surface area contributed by atoms with Crippen LogP contribution in [0.2, 0.25) is 0 Å². The lowest BCUT2D eigenvalue weighted by atomic mass is 9.93. The van der Waals surface area contributed by atoms with Crippen LogP contribution >= 0.6 is 11.6 Å². The van der Waals surface area contributed by atoms with Crippen LogP contribution in [0.5, 0.6) is 11.5 Å². The highest BCUT2D eigenvalue weighted by molar-refractivity contribution is 6.63. The molecule has 50 heavy (non-hydrogen) atoms. The fourth-order valence-electron chi connectivity index (χ4n) is 5.31. The van der Waals surface area contributed by atoms with Crippen molar-refractivity contribution in [1.29, 1.82) is 10.5 Å². The van der Waals surface area contributed by atoms with E-state index >= 15 is 0 Å². The topological polar surface area (TPSA) is 255 Å². The number of halogens is 1. The molecule has 266 valence electrons. The van der Waals surface area contributed by atoms with Crippen molar-refractivity contribution < 1.29 is 33.4 Å². The minimum Gasteiger partial charge on any atom is -0.492 e. The molecule has 0 spiro atoms. The molecule has 1 aliphatic rings. The van der Waals surface area contributed by atoms with Crippen LogP contribution in [0.1, 0.15) is 36.9 Å². The van der Waals surface area contributed by atoms with Crippen molar-refractivity contribution in [2.45, 2.75) is 50.4 Å². The Morgan fingerprint density at radius 2 is 1.64 bits per heavy atom. The molecule has 0 unspecified atom stereocenters. The summed E-state index contributed by atoms with van der Waals surface area (Å²) >= 11 is 5.54. The molecule has 0 saturated heterocycles. The zero-order valence-corrected chi connectivity index (χ0v) is 28.4. The van der Waals surface area contributed by atoms with E-state index in [0.29, 0.717) is 33.8 Å². The van der Waals surface area contributed by atoms with E-state index in [4.69, 9.17) is 43.1 Å². The number of carbonyl (C=O) groups is 5. The molecule has 4 bridgehead atoms. The molecule has 0 fully saturated rings. The van der Waals surface area contributed by atoms with Crippen molar-refractivity contribution in [2.75, 3.05) is 39.9 Å². The zero-order valence-electron chi connectivity index (χ0n) is 27.7. The maximum absolute atomic E-state index is 14.1. The summed E-state index contributed by atoms with van der Waals surface area (Å²) in [6.07, 6.45) is -0.188. The number of benzene rings is 2. The van der Waals surface area contributed by atoms with Gasteiger partial charge in [0.25, 0.3) is 0 Å². The summed E-state index contributed by atoms with van der Waals surface area (Å²) in [6.45, 7) is 1.78. The third-order valence-corrected chi connectivity index (χ3v) is 7.79. The second-order valence-corrected chi connectivity index (χ2v) is 11.6. The Bertz CT molecular complexity index is 1660. The Morgan fingerprint density at radius 1 is 1.00 bits per heavy atom. The SMILES string of the molecule is C[C@@H]1NC(=O)[C@@H](N(C)C(=O)[C@H](CCC#N)NC(=O)Cl)c2ccc(OCCN)c(c2)-c2cc(ccc2OCCN)C[C@@H](C(=O)NCC#N)NC1=O. The monoisotopic (exact) mass is 709 g/mol. The Kier molecular flexibility index (Phi) is 14.8. The molecule has 4 atom stereocenters. The highest BCUT2D eigenvalue weighted by atomic mass is 35.5. The molecular formula is C33H40ClN9O7. The fourth-order valence-corrected chi connectivity index (χ4v) is 5.44. The first kappa shape index (κ1) is 39.0. The van der Waals surface area contributed by atoms with E-state index in [9.17, 15) is 24.0 Å². The third-order valence-electron chi connectivity index (χ3n) is 7.68. The van der Waals surface area contributed by atoms with Gasteiger partial charge in [0.2, 0.25) is 23.6 Å². The number of nitrogens with one attached hydrogen (secondary N) is 4. The summed E-state index contributed by atoms with van der Waals surface area (Å²) in [4.78, 5) is 67.3. The predicted molar refractivity (Wildman–Crippen MR) is 181 cm³/mol. The van der Waals surface area contributed by atoms with Crippen molar-refractivity contribution in [3.8, 4) is 34.8 Å². The summed E-state index contributed by atoms with van der Waals surface area (Å²) in [5.41, 5.74) is 13.3. The van der Waals surface area contributed by atoms with E-state index in [2.05, 4.69) is 21.3 Å². The van der Waals surface area contributed by atoms with Crippen LogP contribution in [-0.4, -0.2) is 91.9 Å². The van der Waals surface area contributed by atoms with Crippen LogP contribution in [-0.2, 0) is 25.6 Å². The molecule has 3 rings (SSSR count). The lowest BCUT2D eigenvalue weighted by Gasteiger charge is -2.32. The van der Waals surface area contributed by atoms with Gasteiger partial charge < -0.3 is 47.1 Å². The zero-order chi connectivity index (χ0) is 36.8. The van der Waals surface area contributed by atoms with Gasteiger partial charge in [0, 0.05) is 44.1 Å². The standard InChI is InChI=1S/C33H40ClN9O7/c1-19-29(44)41-25(30(45)39-13-10-36)17-20-5-7-26(49-14-11-37)22(16-20)23-18-21(6-8-27(23)50-15-12-38)28(31(46)40-19)43(2)32(47)24(4-3-9-35)42-33(34)48/h5-8,16,18-19,24-25,28H,3-4,11-15,17,37-38H2,1-2H3,(H,39,45)(H,40,46)(H,41,44)(H,42,48)/t19-,24-,25-,28-/m0/s1. The molecular weight excluding hydrogens is 670 g/mol. The highest BCUT2D eigenvalue weighted by Crippen LogP contribution is 2.40. The van der Waals surface area contributed by atoms with E-state index in [1.165, 1.54) is 14.0 Å². The minimum atomic E-state index is -1.40. The fraction of sp³-hybridized carbons (Fsp3) is 0.424. The smallest absolute Gasteiger partial charge is 0.314 e. The number of likely N-dealkylation sites (N-methyl/N-ethyl adjacent to an activating group) is 1. The minimum absolute atomic E-state index is 0.00274. The van der Waals surface area contributed by atoms with Crippen LogP contribution in [0.25, 0.3) is 11.1 Å². The number of nitrogens with zero attached hydrogens (tertiary/aromatic N) is 3. The molecule has 16 nitrogen and oxygen atoms in total. The molecule has 0 aromatic heterocycles. The van der Waals surface area contributed by atoms with E-state index in [-0.39, 0.29) is 52.1 Å². The number of carbonyl (C=O) groups excluding carboxylic acids is 5. The molecule has 8 N–H and O–H groups in total. The Balaban J connectivity index is 2.31. The number of nitrogens with two attached hydrogens (primary N) is 2. The van der Waals surface area contributed by atoms with Gasteiger partial charge in [0.1, 0.15) is 55.4 Å². The number of rotatable bonds is 13. The van der Waals surface area contributed by atoms with Crippen LogP contribution in [0, 0.1) is 22.7 Å². The summed E-state index contributed by atoms with van der Waals surface area (Å²) < 4.78 is 12.0. The first-order chi connectivity index (χ1) is 23.9. The molecule has 1 aliphatic heterocycles. The molecule has 2 aromatic carbocycles. The van der Waals surface area contributed by atoms with E-state index in [1.54, 1.807) is 36.4 Å².